The smallest absolute Gasteiger partial charge is 0.128 e. The van der Waals surface area contributed by atoms with Crippen LogP contribution >= 0.6 is 23.2 Å². The first-order chi connectivity index (χ1) is 8.22. The SMILES string of the molecule is CCn1ccnc1CNc1c(Cl)cccc1Cl. The summed E-state index contributed by atoms with van der Waals surface area (Å²) in [5, 5.41) is 4.45. The standard InChI is InChI=1S/C12H13Cl2N3/c1-2-17-7-6-15-11(17)8-16-12-9(13)4-3-5-10(12)14/h3-7,16H,2,8H2,1H3. The Kier molecular flexibility index (Phi) is 3.92. The van der Waals surface area contributed by atoms with E-state index < -0.39 is 0 Å². The summed E-state index contributed by atoms with van der Waals surface area (Å²) in [7, 11) is 0. The van der Waals surface area contributed by atoms with Gasteiger partial charge in [0.2, 0.25) is 0 Å². The molecular formula is C12H13Cl2N3. The molecule has 2 aromatic rings. The number of nitrogens with zero attached hydrogens (tertiary/aromatic N) is 2. The van der Waals surface area contributed by atoms with Gasteiger partial charge in [0.15, 0.2) is 0 Å². The molecule has 5 heteroatoms. The monoisotopic (exact) mass is 269 g/mol. The molecule has 0 amide bonds. The first kappa shape index (κ1) is 12.3. The number of nitrogens with one attached hydrogen (secondary N) is 1. The fraction of sp³-hybridized carbons (Fsp3) is 0.250. The molecule has 0 spiro atoms. The van der Waals surface area contributed by atoms with E-state index in [9.17, 15) is 0 Å². The lowest BCUT2D eigenvalue weighted by Crippen LogP contribution is -2.08. The molecule has 0 radical (unpaired) electrons. The highest BCUT2D eigenvalue weighted by molar-refractivity contribution is 6.39. The Balaban J connectivity index is 2.13. The molecular weight excluding hydrogens is 257 g/mol. The van der Waals surface area contributed by atoms with Gasteiger partial charge in [0.05, 0.1) is 22.3 Å². The third-order valence-electron chi connectivity index (χ3n) is 2.53. The molecule has 0 aliphatic rings. The number of halogens is 2. The average molecular weight is 270 g/mol. The molecule has 0 saturated carbocycles. The maximum atomic E-state index is 6.07. The van der Waals surface area contributed by atoms with Crippen LogP contribution in [0.15, 0.2) is 30.6 Å². The Hall–Kier alpha value is -1.19. The van der Waals surface area contributed by atoms with E-state index in [2.05, 4.69) is 21.8 Å². The molecule has 17 heavy (non-hydrogen) atoms. The van der Waals surface area contributed by atoms with Gasteiger partial charge in [-0.3, -0.25) is 0 Å². The second-order valence-electron chi connectivity index (χ2n) is 3.58. The van der Waals surface area contributed by atoms with Gasteiger partial charge in [0.25, 0.3) is 0 Å². The highest BCUT2D eigenvalue weighted by Crippen LogP contribution is 2.29. The van der Waals surface area contributed by atoms with Crippen LogP contribution in [-0.4, -0.2) is 9.55 Å². The van der Waals surface area contributed by atoms with Gasteiger partial charge in [-0.05, 0) is 19.1 Å². The van der Waals surface area contributed by atoms with Crippen molar-refractivity contribution >= 4 is 28.9 Å². The Morgan fingerprint density at radius 1 is 1.29 bits per heavy atom. The highest BCUT2D eigenvalue weighted by atomic mass is 35.5. The first-order valence-electron chi connectivity index (χ1n) is 5.40. The van der Waals surface area contributed by atoms with E-state index in [1.807, 2.05) is 24.4 Å². The number of hydrogen-bond acceptors (Lipinski definition) is 2. The number of anilines is 1. The van der Waals surface area contributed by atoms with Crippen molar-refractivity contribution in [3.8, 4) is 0 Å². The molecule has 1 N–H and O–H groups in total. The number of hydrogen-bond donors (Lipinski definition) is 1. The number of aryl methyl sites for hydroxylation is 1. The minimum atomic E-state index is 0.601. The molecule has 0 bridgehead atoms. The quantitative estimate of drug-likeness (QED) is 0.915. The van der Waals surface area contributed by atoms with Crippen molar-refractivity contribution in [3.05, 3.63) is 46.5 Å². The van der Waals surface area contributed by atoms with Gasteiger partial charge in [0.1, 0.15) is 5.82 Å². The average Bonchev–Trinajstić information content (AvgIpc) is 2.76. The summed E-state index contributed by atoms with van der Waals surface area (Å²) in [4.78, 5) is 4.28. The number of benzene rings is 1. The maximum Gasteiger partial charge on any atom is 0.128 e. The van der Waals surface area contributed by atoms with Crippen molar-refractivity contribution < 1.29 is 0 Å². The molecule has 0 aliphatic carbocycles. The third kappa shape index (κ3) is 2.73. The van der Waals surface area contributed by atoms with E-state index in [0.29, 0.717) is 16.6 Å². The largest absolute Gasteiger partial charge is 0.375 e. The molecule has 0 fully saturated rings. The van der Waals surface area contributed by atoms with E-state index in [1.54, 1.807) is 6.20 Å². The topological polar surface area (TPSA) is 29.9 Å². The van der Waals surface area contributed by atoms with E-state index >= 15 is 0 Å². The van der Waals surface area contributed by atoms with Crippen LogP contribution in [0.1, 0.15) is 12.7 Å². The van der Waals surface area contributed by atoms with Crippen molar-refractivity contribution in [2.75, 3.05) is 5.32 Å². The molecule has 1 aromatic heterocycles. The molecule has 0 aliphatic heterocycles. The van der Waals surface area contributed by atoms with Gasteiger partial charge in [-0.25, -0.2) is 4.98 Å². The molecule has 0 unspecified atom stereocenters. The van der Waals surface area contributed by atoms with Crippen LogP contribution in [0.5, 0.6) is 0 Å². The van der Waals surface area contributed by atoms with Crippen molar-refractivity contribution in [1.82, 2.24) is 9.55 Å². The van der Waals surface area contributed by atoms with Crippen LogP contribution in [0, 0.1) is 0 Å². The summed E-state index contributed by atoms with van der Waals surface area (Å²) in [5.41, 5.74) is 0.751. The molecule has 1 aromatic carbocycles. The minimum absolute atomic E-state index is 0.601. The zero-order valence-electron chi connectivity index (χ0n) is 9.45. The number of rotatable bonds is 4. The summed E-state index contributed by atoms with van der Waals surface area (Å²) in [6.45, 7) is 3.57. The summed E-state index contributed by atoms with van der Waals surface area (Å²) >= 11 is 12.1. The van der Waals surface area contributed by atoms with E-state index in [0.717, 1.165) is 18.1 Å². The van der Waals surface area contributed by atoms with Gasteiger partial charge in [0, 0.05) is 18.9 Å². The lowest BCUT2D eigenvalue weighted by molar-refractivity contribution is 0.708. The number of para-hydroxylation sites is 1. The van der Waals surface area contributed by atoms with Gasteiger partial charge in [-0.15, -0.1) is 0 Å². The van der Waals surface area contributed by atoms with E-state index in [1.165, 1.54) is 0 Å². The normalized spacial score (nSPS) is 10.5. The number of aromatic nitrogens is 2. The minimum Gasteiger partial charge on any atom is -0.375 e. The predicted octanol–water partition coefficient (Wildman–Crippen LogP) is 3.82. The van der Waals surface area contributed by atoms with Crippen LogP contribution < -0.4 is 5.32 Å². The van der Waals surface area contributed by atoms with Crippen LogP contribution in [0.2, 0.25) is 10.0 Å². The predicted molar refractivity (Wildman–Crippen MR) is 71.7 cm³/mol. The van der Waals surface area contributed by atoms with Crippen LogP contribution in [0.4, 0.5) is 5.69 Å². The van der Waals surface area contributed by atoms with Gasteiger partial charge >= 0.3 is 0 Å². The number of imidazole rings is 1. The summed E-state index contributed by atoms with van der Waals surface area (Å²) in [6.07, 6.45) is 3.74. The molecule has 0 saturated heterocycles. The zero-order chi connectivity index (χ0) is 12.3. The fourth-order valence-electron chi connectivity index (χ4n) is 1.63. The first-order valence-corrected chi connectivity index (χ1v) is 6.16. The Morgan fingerprint density at radius 3 is 2.65 bits per heavy atom. The Bertz CT molecular complexity index is 488. The second-order valence-corrected chi connectivity index (χ2v) is 4.39. The van der Waals surface area contributed by atoms with E-state index in [4.69, 9.17) is 23.2 Å². The molecule has 90 valence electrons. The molecule has 0 atom stereocenters. The van der Waals surface area contributed by atoms with Gasteiger partial charge in [-0.1, -0.05) is 29.3 Å². The Morgan fingerprint density at radius 2 is 2.00 bits per heavy atom. The van der Waals surface area contributed by atoms with Crippen LogP contribution in [-0.2, 0) is 13.1 Å². The summed E-state index contributed by atoms with van der Waals surface area (Å²) in [5.74, 6) is 0.962. The maximum absolute atomic E-state index is 6.07. The third-order valence-corrected chi connectivity index (χ3v) is 3.16. The van der Waals surface area contributed by atoms with Gasteiger partial charge in [-0.2, -0.15) is 0 Å². The zero-order valence-corrected chi connectivity index (χ0v) is 11.0. The summed E-state index contributed by atoms with van der Waals surface area (Å²) < 4.78 is 2.07. The van der Waals surface area contributed by atoms with Gasteiger partial charge < -0.3 is 9.88 Å². The van der Waals surface area contributed by atoms with Crippen molar-refractivity contribution in [2.45, 2.75) is 20.0 Å². The van der Waals surface area contributed by atoms with Crippen LogP contribution in [0.25, 0.3) is 0 Å². The van der Waals surface area contributed by atoms with E-state index in [-0.39, 0.29) is 0 Å². The van der Waals surface area contributed by atoms with Crippen molar-refractivity contribution in [3.63, 3.8) is 0 Å². The lowest BCUT2D eigenvalue weighted by Gasteiger charge is -2.10. The van der Waals surface area contributed by atoms with Crippen molar-refractivity contribution in [2.24, 2.45) is 0 Å². The fourth-order valence-corrected chi connectivity index (χ4v) is 2.16. The molecule has 3 nitrogen and oxygen atoms in total. The highest BCUT2D eigenvalue weighted by Gasteiger charge is 2.06. The second kappa shape index (κ2) is 5.43. The molecule has 1 heterocycles. The molecule has 2 rings (SSSR count). The Labute approximate surface area is 110 Å². The lowest BCUT2D eigenvalue weighted by atomic mass is 10.3. The summed E-state index contributed by atoms with van der Waals surface area (Å²) in [6, 6.07) is 5.44. The van der Waals surface area contributed by atoms with Crippen LogP contribution in [0.3, 0.4) is 0 Å². The van der Waals surface area contributed by atoms with Crippen molar-refractivity contribution in [1.29, 1.82) is 0 Å².